The van der Waals surface area contributed by atoms with Crippen LogP contribution in [0.1, 0.15) is 56.7 Å². The van der Waals surface area contributed by atoms with Crippen LogP contribution in [0.4, 0.5) is 4.79 Å². The van der Waals surface area contributed by atoms with Crippen LogP contribution in [0.2, 0.25) is 0 Å². The van der Waals surface area contributed by atoms with Gasteiger partial charge in [-0.05, 0) is 71.2 Å². The fourth-order valence-corrected chi connectivity index (χ4v) is 4.78. The number of aromatic amines is 1. The number of amides is 1. The number of hydrogen-bond donors (Lipinski definition) is 1. The number of ether oxygens (including phenoxy) is 1. The third-order valence-corrected chi connectivity index (χ3v) is 6.48. The normalized spacial score (nSPS) is 15.2. The fraction of sp³-hybridized carbons (Fsp3) is 0.407. The number of fused-ring (bicyclic) bond motifs is 2. The molecule has 1 N–H and O–H groups in total. The third-order valence-electron chi connectivity index (χ3n) is 6.48. The molecule has 4 aromatic rings. The Bertz CT molecular complexity index is 1490. The van der Waals surface area contributed by atoms with Crippen molar-refractivity contribution >= 4 is 22.5 Å². The first kappa shape index (κ1) is 23.1. The Morgan fingerprint density at radius 3 is 2.51 bits per heavy atom. The van der Waals surface area contributed by atoms with Gasteiger partial charge in [0.2, 0.25) is 0 Å². The van der Waals surface area contributed by atoms with Gasteiger partial charge in [-0.3, -0.25) is 9.78 Å². The van der Waals surface area contributed by atoms with Gasteiger partial charge in [0.25, 0.3) is 5.56 Å². The molecule has 1 amide bonds. The van der Waals surface area contributed by atoms with E-state index in [1.165, 1.54) is 0 Å². The van der Waals surface area contributed by atoms with E-state index in [0.29, 0.717) is 29.8 Å². The molecule has 0 saturated carbocycles. The predicted octanol–water partition coefficient (Wildman–Crippen LogP) is 4.97. The zero-order valence-corrected chi connectivity index (χ0v) is 20.9. The highest BCUT2D eigenvalue weighted by atomic mass is 16.6. The Kier molecular flexibility index (Phi) is 5.62. The average molecular weight is 474 g/mol. The maximum atomic E-state index is 13.0. The lowest BCUT2D eigenvalue weighted by Gasteiger charge is -2.33. The second-order valence-electron chi connectivity index (χ2n) is 10.4. The van der Waals surface area contributed by atoms with E-state index in [4.69, 9.17) is 9.72 Å². The van der Waals surface area contributed by atoms with Crippen LogP contribution < -0.4 is 5.56 Å². The van der Waals surface area contributed by atoms with Gasteiger partial charge >= 0.3 is 6.09 Å². The summed E-state index contributed by atoms with van der Waals surface area (Å²) in [4.78, 5) is 39.4. The zero-order chi connectivity index (χ0) is 24.9. The zero-order valence-electron chi connectivity index (χ0n) is 20.9. The van der Waals surface area contributed by atoms with E-state index >= 15 is 0 Å². The molecule has 8 heteroatoms. The summed E-state index contributed by atoms with van der Waals surface area (Å²) in [6.07, 6.45) is 5.24. The quantitative estimate of drug-likeness (QED) is 0.444. The smallest absolute Gasteiger partial charge is 0.410 e. The highest BCUT2D eigenvalue weighted by Crippen LogP contribution is 2.29. The van der Waals surface area contributed by atoms with Crippen molar-refractivity contribution < 1.29 is 9.53 Å². The van der Waals surface area contributed by atoms with Crippen molar-refractivity contribution in [2.45, 2.75) is 59.0 Å². The van der Waals surface area contributed by atoms with E-state index in [2.05, 4.69) is 26.6 Å². The van der Waals surface area contributed by atoms with Crippen LogP contribution in [-0.2, 0) is 4.74 Å². The lowest BCUT2D eigenvalue weighted by Crippen LogP contribution is -2.41. The minimum Gasteiger partial charge on any atom is -0.444 e. The maximum Gasteiger partial charge on any atom is 0.410 e. The largest absolute Gasteiger partial charge is 0.444 e. The summed E-state index contributed by atoms with van der Waals surface area (Å²) in [5.41, 5.74) is 4.99. The first-order valence-electron chi connectivity index (χ1n) is 12.1. The van der Waals surface area contributed by atoms with Crippen LogP contribution in [0, 0.1) is 13.8 Å². The maximum absolute atomic E-state index is 13.0. The van der Waals surface area contributed by atoms with Crippen LogP contribution in [0.15, 0.2) is 41.5 Å². The number of piperidine rings is 1. The molecule has 5 rings (SSSR count). The van der Waals surface area contributed by atoms with Crippen molar-refractivity contribution in [3.8, 4) is 11.1 Å². The minimum atomic E-state index is -0.514. The number of nitrogens with zero attached hydrogens (tertiary/aromatic N) is 4. The number of aryl methyl sites for hydroxylation is 2. The first-order valence-corrected chi connectivity index (χ1v) is 12.1. The van der Waals surface area contributed by atoms with Gasteiger partial charge in [-0.15, -0.1) is 0 Å². The van der Waals surface area contributed by atoms with Gasteiger partial charge in [0.1, 0.15) is 11.4 Å². The van der Waals surface area contributed by atoms with E-state index in [1.54, 1.807) is 4.90 Å². The topological polar surface area (TPSA) is 92.6 Å². The molecule has 1 aliphatic rings. The molecule has 0 unspecified atom stereocenters. The molecule has 4 heterocycles. The summed E-state index contributed by atoms with van der Waals surface area (Å²) in [6, 6.07) is 7.92. The van der Waals surface area contributed by atoms with Gasteiger partial charge in [0.05, 0.1) is 27.8 Å². The molecule has 35 heavy (non-hydrogen) atoms. The summed E-state index contributed by atoms with van der Waals surface area (Å²) in [7, 11) is 0. The highest BCUT2D eigenvalue weighted by Gasteiger charge is 2.28. The van der Waals surface area contributed by atoms with Crippen LogP contribution in [-0.4, -0.2) is 49.0 Å². The Morgan fingerprint density at radius 2 is 1.80 bits per heavy atom. The summed E-state index contributed by atoms with van der Waals surface area (Å²) < 4.78 is 7.56. The average Bonchev–Trinajstić information content (AvgIpc) is 3.22. The number of nitrogens with one attached hydrogen (secondary N) is 1. The molecule has 1 aliphatic heterocycles. The minimum absolute atomic E-state index is 0.0981. The van der Waals surface area contributed by atoms with Crippen molar-refractivity contribution in [1.82, 2.24) is 24.3 Å². The lowest BCUT2D eigenvalue weighted by molar-refractivity contribution is 0.0203. The van der Waals surface area contributed by atoms with Gasteiger partial charge < -0.3 is 19.0 Å². The second kappa shape index (κ2) is 8.52. The van der Waals surface area contributed by atoms with Crippen LogP contribution >= 0.6 is 0 Å². The molecule has 0 spiro atoms. The number of hydrogen-bond acceptors (Lipinski definition) is 5. The summed E-state index contributed by atoms with van der Waals surface area (Å²) in [6.45, 7) is 10.7. The molecule has 8 nitrogen and oxygen atoms in total. The molecular formula is C27H31N5O3. The number of rotatable bonds is 2. The number of H-pyrrole nitrogens is 1. The van der Waals surface area contributed by atoms with Gasteiger partial charge in [-0.2, -0.15) is 0 Å². The monoisotopic (exact) mass is 473 g/mol. The Balaban J connectivity index is 1.38. The molecule has 1 fully saturated rings. The number of carbonyl (C=O) groups is 1. The summed E-state index contributed by atoms with van der Waals surface area (Å²) >= 11 is 0. The summed E-state index contributed by atoms with van der Waals surface area (Å²) in [5, 5.41) is 0.568. The van der Waals surface area contributed by atoms with E-state index in [0.717, 1.165) is 40.9 Å². The second-order valence-corrected chi connectivity index (χ2v) is 10.4. The molecule has 3 aromatic heterocycles. The fourth-order valence-electron chi connectivity index (χ4n) is 4.78. The van der Waals surface area contributed by atoms with Gasteiger partial charge in [0, 0.05) is 37.0 Å². The predicted molar refractivity (Wildman–Crippen MR) is 136 cm³/mol. The molecule has 0 bridgehead atoms. The molecule has 0 radical (unpaired) electrons. The van der Waals surface area contributed by atoms with E-state index in [1.807, 2.05) is 59.0 Å². The Morgan fingerprint density at radius 1 is 1.06 bits per heavy atom. The van der Waals surface area contributed by atoms with Crippen molar-refractivity contribution in [1.29, 1.82) is 0 Å². The van der Waals surface area contributed by atoms with Crippen molar-refractivity contribution in [3.63, 3.8) is 0 Å². The summed E-state index contributed by atoms with van der Waals surface area (Å²) in [5.74, 6) is 0.784. The van der Waals surface area contributed by atoms with E-state index < -0.39 is 5.60 Å². The standard InChI is InChI=1S/C27H31N5O3/c1-16-14-32-15-20(13-23(32)17(2)28-16)19-6-7-22-21(12-19)25(33)30-24(29-22)18-8-10-31(11-9-18)26(34)35-27(3,4)5/h6-7,12-15,18H,8-11H2,1-5H3,(H,29,30,33). The van der Waals surface area contributed by atoms with Crippen LogP contribution in [0.5, 0.6) is 0 Å². The van der Waals surface area contributed by atoms with Gasteiger partial charge in [-0.25, -0.2) is 9.78 Å². The Hall–Kier alpha value is -3.68. The van der Waals surface area contributed by atoms with Gasteiger partial charge in [0.15, 0.2) is 0 Å². The molecule has 1 saturated heterocycles. The number of benzene rings is 1. The molecule has 0 atom stereocenters. The third kappa shape index (κ3) is 4.65. The molecule has 1 aromatic carbocycles. The first-order chi connectivity index (χ1) is 16.6. The number of likely N-dealkylation sites (tertiary alicyclic amines) is 1. The Labute approximate surface area is 204 Å². The van der Waals surface area contributed by atoms with Crippen molar-refractivity contribution in [2.75, 3.05) is 13.1 Å². The van der Waals surface area contributed by atoms with E-state index in [-0.39, 0.29) is 17.6 Å². The van der Waals surface area contributed by atoms with Crippen LogP contribution in [0.3, 0.4) is 0 Å². The van der Waals surface area contributed by atoms with Gasteiger partial charge in [-0.1, -0.05) is 6.07 Å². The lowest BCUT2D eigenvalue weighted by atomic mass is 9.96. The van der Waals surface area contributed by atoms with Crippen molar-refractivity contribution in [3.05, 3.63) is 64.2 Å². The number of aromatic nitrogens is 4. The van der Waals surface area contributed by atoms with Crippen LogP contribution in [0.25, 0.3) is 27.5 Å². The molecule has 0 aliphatic carbocycles. The van der Waals surface area contributed by atoms with Crippen molar-refractivity contribution in [2.24, 2.45) is 0 Å². The molecular weight excluding hydrogens is 442 g/mol. The SMILES string of the molecule is Cc1cn2cc(-c3ccc4nc(C5CCN(C(=O)OC(C)(C)C)CC5)[nH]c(=O)c4c3)cc2c(C)n1. The molecule has 182 valence electrons. The highest BCUT2D eigenvalue weighted by molar-refractivity contribution is 5.85. The van der Waals surface area contributed by atoms with E-state index in [9.17, 15) is 9.59 Å². The number of carbonyl (C=O) groups excluding carboxylic acids is 1.